The molecule has 3 heteroatoms. The van der Waals surface area contributed by atoms with Gasteiger partial charge in [-0.1, -0.05) is 0 Å². The van der Waals surface area contributed by atoms with Gasteiger partial charge in [-0.2, -0.15) is 5.11 Å². The minimum atomic E-state index is -1.41. The van der Waals surface area contributed by atoms with Crippen molar-refractivity contribution in [3.63, 3.8) is 0 Å². The molecule has 3 unspecified atom stereocenters. The first-order valence-electron chi connectivity index (χ1n) is 4.00. The molecule has 0 N–H and O–H groups in total. The van der Waals surface area contributed by atoms with Crippen LogP contribution in [-0.2, 0) is 14.6 Å². The van der Waals surface area contributed by atoms with Gasteiger partial charge in [0.25, 0.3) is 0 Å². The van der Waals surface area contributed by atoms with Crippen LogP contribution in [0.5, 0.6) is 0 Å². The molecule has 3 nitrogen and oxygen atoms in total. The molecule has 11 heavy (non-hydrogen) atoms. The van der Waals surface area contributed by atoms with Crippen LogP contribution in [0, 0.1) is 11.8 Å². The predicted octanol–water partition coefficient (Wildman–Crippen LogP) is 1.02. The van der Waals surface area contributed by atoms with Gasteiger partial charge in [-0.3, -0.25) is 0 Å². The van der Waals surface area contributed by atoms with Crippen molar-refractivity contribution in [3.8, 4) is 0 Å². The fourth-order valence-electron chi connectivity index (χ4n) is 2.42. The van der Waals surface area contributed by atoms with E-state index >= 15 is 0 Å². The van der Waals surface area contributed by atoms with Crippen molar-refractivity contribution in [1.29, 1.82) is 0 Å². The van der Waals surface area contributed by atoms with E-state index in [4.69, 9.17) is 0 Å². The van der Waals surface area contributed by atoms with Crippen molar-refractivity contribution in [2.45, 2.75) is 31.5 Å². The van der Waals surface area contributed by atoms with E-state index in [0.29, 0.717) is 12.3 Å². The summed E-state index contributed by atoms with van der Waals surface area (Å²) in [7, 11) is 0. The van der Waals surface area contributed by atoms with Crippen molar-refractivity contribution in [2.75, 3.05) is 0 Å². The number of hydrogen-bond donors (Lipinski definition) is 0. The smallest absolute Gasteiger partial charge is 0.420 e. The highest BCUT2D eigenvalue weighted by Gasteiger charge is 2.53. The van der Waals surface area contributed by atoms with Gasteiger partial charge in [-0.25, -0.2) is 4.79 Å². The van der Waals surface area contributed by atoms with Gasteiger partial charge in [0.15, 0.2) is 0 Å². The first-order chi connectivity index (χ1) is 5.24. The average Bonchev–Trinajstić information content (AvgIpc) is 2.45. The molecule has 2 bridgehead atoms. The van der Waals surface area contributed by atoms with Crippen LogP contribution in [0.2, 0.25) is 0 Å². The fourth-order valence-corrected chi connectivity index (χ4v) is 2.42. The molecule has 0 saturated heterocycles. The summed E-state index contributed by atoms with van der Waals surface area (Å²) >= 11 is 0. The van der Waals surface area contributed by atoms with Gasteiger partial charge < -0.3 is 4.74 Å². The number of rotatable bonds is 2. The molecule has 2 rings (SSSR count). The van der Waals surface area contributed by atoms with E-state index in [1.54, 1.807) is 0 Å². The normalized spacial score (nSPS) is 47.7. The second kappa shape index (κ2) is 2.21. The predicted molar refractivity (Wildman–Crippen MR) is 35.6 cm³/mol. The molecule has 0 heterocycles. The Labute approximate surface area is 65.4 Å². The summed E-state index contributed by atoms with van der Waals surface area (Å²) in [6, 6.07) is 0. The maximum atomic E-state index is 11.6. The Kier molecular flexibility index (Phi) is 1.42. The molecule has 2 aliphatic rings. The average molecular weight is 154 g/mol. The number of hydrogen-bond acceptors (Lipinski definition) is 2. The van der Waals surface area contributed by atoms with Crippen molar-refractivity contribution in [2.24, 2.45) is 11.8 Å². The molecule has 0 aromatic carbocycles. The van der Waals surface area contributed by atoms with Crippen molar-refractivity contribution >= 4 is 6.47 Å². The van der Waals surface area contributed by atoms with E-state index in [9.17, 15) is 9.90 Å². The van der Waals surface area contributed by atoms with E-state index in [2.05, 4.69) is 4.74 Å². The van der Waals surface area contributed by atoms with Crippen LogP contribution < -0.4 is 0 Å². The van der Waals surface area contributed by atoms with Gasteiger partial charge in [-0.05, 0) is 25.2 Å². The molecule has 60 valence electrons. The zero-order chi connectivity index (χ0) is 7.90. The Morgan fingerprint density at radius 1 is 1.45 bits per heavy atom. The lowest BCUT2D eigenvalue weighted by atomic mass is 9.94. The van der Waals surface area contributed by atoms with Gasteiger partial charge in [0, 0.05) is 12.3 Å². The quantitative estimate of drug-likeness (QED) is 0.557. The van der Waals surface area contributed by atoms with Crippen LogP contribution >= 0.6 is 0 Å². The number of ether oxygens (including phenoxy) is 1. The van der Waals surface area contributed by atoms with Crippen molar-refractivity contribution in [3.05, 3.63) is 0 Å². The van der Waals surface area contributed by atoms with E-state index in [0.717, 1.165) is 19.3 Å². The summed E-state index contributed by atoms with van der Waals surface area (Å²) < 4.78 is 4.46. The monoisotopic (exact) mass is 154 g/mol. The molecule has 0 spiro atoms. The largest absolute Gasteiger partial charge is 0.422 e. The van der Waals surface area contributed by atoms with E-state index < -0.39 is 5.79 Å². The van der Waals surface area contributed by atoms with E-state index in [1.165, 1.54) is 6.47 Å². The summed E-state index contributed by atoms with van der Waals surface area (Å²) in [5, 5.41) is 11.6. The van der Waals surface area contributed by atoms with Gasteiger partial charge in [-0.15, -0.1) is 0 Å². The molecule has 0 aromatic heterocycles. The lowest BCUT2D eigenvalue weighted by molar-refractivity contribution is -0.223. The molecule has 3 atom stereocenters. The van der Waals surface area contributed by atoms with Crippen LogP contribution in [0.3, 0.4) is 0 Å². The maximum absolute atomic E-state index is 11.6. The van der Waals surface area contributed by atoms with Gasteiger partial charge in [0.2, 0.25) is 5.79 Å². The van der Waals surface area contributed by atoms with Crippen LogP contribution in [0.15, 0.2) is 0 Å². The zero-order valence-electron chi connectivity index (χ0n) is 6.21. The van der Waals surface area contributed by atoms with Crippen molar-refractivity contribution < 1.29 is 14.6 Å². The van der Waals surface area contributed by atoms with Crippen molar-refractivity contribution in [1.82, 2.24) is 0 Å². The highest BCUT2D eigenvalue weighted by molar-refractivity contribution is 5.39. The molecular weight excluding hydrogens is 144 g/mol. The first-order valence-corrected chi connectivity index (χ1v) is 4.00. The number of fused-ring (bicyclic) bond motifs is 2. The third kappa shape index (κ3) is 0.948. The first kappa shape index (κ1) is 7.10. The summed E-state index contributed by atoms with van der Waals surface area (Å²) in [5.74, 6) is -0.843. The standard InChI is InChI=1S/C8H10O3/c9-5-11-8(10)4-6-1-2-7(8)3-6/h6-7H,1-4H2. The maximum Gasteiger partial charge on any atom is 0.420 e. The molecule has 0 amide bonds. The minimum Gasteiger partial charge on any atom is -0.422 e. The topological polar surface area (TPSA) is 46.2 Å². The molecule has 2 fully saturated rings. The van der Waals surface area contributed by atoms with E-state index in [-0.39, 0.29) is 5.92 Å². The fraction of sp³-hybridized carbons (Fsp3) is 0.875. The minimum absolute atomic E-state index is 0.0638. The second-order valence-electron chi connectivity index (χ2n) is 3.58. The van der Waals surface area contributed by atoms with Crippen LogP contribution in [0.25, 0.3) is 0 Å². The third-order valence-corrected chi connectivity index (χ3v) is 2.95. The lowest BCUT2D eigenvalue weighted by Crippen LogP contribution is -2.36. The molecule has 0 aromatic rings. The Morgan fingerprint density at radius 3 is 2.73 bits per heavy atom. The molecule has 2 radical (unpaired) electrons. The zero-order valence-corrected chi connectivity index (χ0v) is 6.21. The molecule has 0 aliphatic heterocycles. The summed E-state index contributed by atoms with van der Waals surface area (Å²) in [4.78, 5) is 9.90. The Morgan fingerprint density at radius 2 is 2.27 bits per heavy atom. The highest BCUT2D eigenvalue weighted by Crippen LogP contribution is 2.51. The van der Waals surface area contributed by atoms with Gasteiger partial charge >= 0.3 is 6.47 Å². The summed E-state index contributed by atoms with van der Waals surface area (Å²) in [5.41, 5.74) is 0. The third-order valence-electron chi connectivity index (χ3n) is 2.95. The van der Waals surface area contributed by atoms with Crippen LogP contribution in [0.4, 0.5) is 0 Å². The number of carbonyl (C=O) groups excluding carboxylic acids is 1. The Balaban J connectivity index is 2.10. The molecule has 2 aliphatic carbocycles. The Bertz CT molecular complexity index is 180. The summed E-state index contributed by atoms with van der Waals surface area (Å²) in [6.45, 7) is 1.27. The Hall–Kier alpha value is -0.570. The van der Waals surface area contributed by atoms with Gasteiger partial charge in [0.1, 0.15) is 0 Å². The van der Waals surface area contributed by atoms with Gasteiger partial charge in [0.05, 0.1) is 0 Å². The second-order valence-corrected chi connectivity index (χ2v) is 3.58. The summed E-state index contributed by atoms with van der Waals surface area (Å²) in [6.07, 6.45) is 3.52. The van der Waals surface area contributed by atoms with E-state index in [1.807, 2.05) is 0 Å². The molecular formula is C8H10O3. The highest BCUT2D eigenvalue weighted by atomic mass is 16.6. The SMILES string of the molecule is [O]C1(O[C]=O)CC2CCC1C2. The van der Waals surface area contributed by atoms with Crippen LogP contribution in [0.1, 0.15) is 25.7 Å². The molecule has 2 saturated carbocycles. The van der Waals surface area contributed by atoms with Crippen LogP contribution in [-0.4, -0.2) is 12.3 Å². The lowest BCUT2D eigenvalue weighted by Gasteiger charge is -2.26.